The Morgan fingerprint density at radius 2 is 1.92 bits per heavy atom. The molecule has 26 heavy (non-hydrogen) atoms. The van der Waals surface area contributed by atoms with Gasteiger partial charge in [0.15, 0.2) is 0 Å². The summed E-state index contributed by atoms with van der Waals surface area (Å²) < 4.78 is 6.39. The smallest absolute Gasteiger partial charge is 0.338 e. The molecular weight excluding hydrogens is 332 g/mol. The van der Waals surface area contributed by atoms with Crippen molar-refractivity contribution in [3.63, 3.8) is 0 Å². The zero-order valence-corrected chi connectivity index (χ0v) is 14.7. The molecule has 0 aliphatic heterocycles. The van der Waals surface area contributed by atoms with Crippen molar-refractivity contribution >= 4 is 17.6 Å². The first kappa shape index (κ1) is 17.3. The number of rotatable bonds is 4. The zero-order valence-electron chi connectivity index (χ0n) is 14.7. The number of carbonyl (C=O) groups excluding carboxylic acids is 2. The molecule has 132 valence electrons. The van der Waals surface area contributed by atoms with Crippen LogP contribution in [-0.2, 0) is 4.74 Å². The first-order valence-corrected chi connectivity index (χ1v) is 7.96. The van der Waals surface area contributed by atoms with Crippen LogP contribution in [-0.4, -0.2) is 33.8 Å². The molecule has 0 fully saturated rings. The minimum atomic E-state index is -0.438. The van der Waals surface area contributed by atoms with E-state index in [9.17, 15) is 9.59 Å². The molecule has 0 saturated heterocycles. The first-order chi connectivity index (χ1) is 12.5. The van der Waals surface area contributed by atoms with Crippen LogP contribution in [0.15, 0.2) is 49.1 Å². The molecule has 0 aliphatic carbocycles. The molecule has 3 aromatic rings. The maximum Gasteiger partial charge on any atom is 0.338 e. The van der Waals surface area contributed by atoms with Gasteiger partial charge >= 0.3 is 5.97 Å². The predicted molar refractivity (Wildman–Crippen MR) is 96.6 cm³/mol. The van der Waals surface area contributed by atoms with E-state index in [-0.39, 0.29) is 5.91 Å². The Labute approximate surface area is 150 Å². The summed E-state index contributed by atoms with van der Waals surface area (Å²) in [5.41, 5.74) is 3.81. The van der Waals surface area contributed by atoms with Crippen LogP contribution in [0.2, 0.25) is 0 Å². The molecule has 3 rings (SSSR count). The number of hydrogen-bond acceptors (Lipinski definition) is 5. The van der Waals surface area contributed by atoms with E-state index in [4.69, 9.17) is 4.74 Å². The van der Waals surface area contributed by atoms with Crippen molar-refractivity contribution in [3.05, 3.63) is 71.3 Å². The normalized spacial score (nSPS) is 10.4. The Kier molecular flexibility index (Phi) is 4.79. The van der Waals surface area contributed by atoms with Gasteiger partial charge in [-0.3, -0.25) is 4.79 Å². The maximum atomic E-state index is 12.7. The molecule has 2 aromatic carbocycles. The van der Waals surface area contributed by atoms with E-state index in [0.717, 1.165) is 11.3 Å². The van der Waals surface area contributed by atoms with Gasteiger partial charge in [0.25, 0.3) is 5.91 Å². The molecule has 0 spiro atoms. The standard InChI is InChI=1S/C19H18N4O3/c1-12-9-14(23-11-20-10-21-23)7-8-15(12)18(24)22-17-6-4-5-16(13(17)2)19(25)26-3/h4-11H,1-3H3,(H,22,24). The number of benzene rings is 2. The summed E-state index contributed by atoms with van der Waals surface area (Å²) in [6.07, 6.45) is 3.04. The summed E-state index contributed by atoms with van der Waals surface area (Å²) in [7, 11) is 1.33. The van der Waals surface area contributed by atoms with Crippen LogP contribution in [0, 0.1) is 13.8 Å². The molecule has 0 radical (unpaired) electrons. The number of ether oxygens (including phenoxy) is 1. The van der Waals surface area contributed by atoms with Crippen LogP contribution < -0.4 is 5.32 Å². The summed E-state index contributed by atoms with van der Waals surface area (Å²) in [5.74, 6) is -0.690. The van der Waals surface area contributed by atoms with Gasteiger partial charge in [0.1, 0.15) is 12.7 Å². The van der Waals surface area contributed by atoms with Crippen molar-refractivity contribution < 1.29 is 14.3 Å². The van der Waals surface area contributed by atoms with Gasteiger partial charge in [-0.15, -0.1) is 0 Å². The third-order valence-corrected chi connectivity index (χ3v) is 4.13. The van der Waals surface area contributed by atoms with E-state index >= 15 is 0 Å². The topological polar surface area (TPSA) is 86.1 Å². The third kappa shape index (κ3) is 3.32. The Balaban J connectivity index is 1.86. The van der Waals surface area contributed by atoms with Crippen molar-refractivity contribution in [2.24, 2.45) is 0 Å². The fourth-order valence-electron chi connectivity index (χ4n) is 2.68. The highest BCUT2D eigenvalue weighted by molar-refractivity contribution is 6.06. The van der Waals surface area contributed by atoms with Crippen LogP contribution in [0.1, 0.15) is 31.8 Å². The lowest BCUT2D eigenvalue weighted by Gasteiger charge is -2.13. The molecule has 7 nitrogen and oxygen atoms in total. The molecule has 1 heterocycles. The largest absolute Gasteiger partial charge is 0.465 e. The fraction of sp³-hybridized carbons (Fsp3) is 0.158. The Bertz CT molecular complexity index is 965. The number of nitrogens with one attached hydrogen (secondary N) is 1. The van der Waals surface area contributed by atoms with E-state index in [1.807, 2.05) is 13.0 Å². The molecule has 1 aromatic heterocycles. The minimum absolute atomic E-state index is 0.252. The summed E-state index contributed by atoms with van der Waals surface area (Å²) in [6.45, 7) is 3.62. The van der Waals surface area contributed by atoms with Crippen molar-refractivity contribution in [1.82, 2.24) is 14.8 Å². The van der Waals surface area contributed by atoms with Crippen molar-refractivity contribution in [2.75, 3.05) is 12.4 Å². The zero-order chi connectivity index (χ0) is 18.7. The van der Waals surface area contributed by atoms with E-state index < -0.39 is 5.97 Å². The van der Waals surface area contributed by atoms with Crippen molar-refractivity contribution in [1.29, 1.82) is 0 Å². The second-order valence-electron chi connectivity index (χ2n) is 5.76. The number of methoxy groups -OCH3 is 1. The van der Waals surface area contributed by atoms with Gasteiger partial charge < -0.3 is 10.1 Å². The molecule has 0 bridgehead atoms. The summed E-state index contributed by atoms with van der Waals surface area (Å²) >= 11 is 0. The van der Waals surface area contributed by atoms with E-state index in [2.05, 4.69) is 15.4 Å². The van der Waals surface area contributed by atoms with Crippen LogP contribution in [0.25, 0.3) is 5.69 Å². The average Bonchev–Trinajstić information content (AvgIpc) is 3.17. The highest BCUT2D eigenvalue weighted by atomic mass is 16.5. The van der Waals surface area contributed by atoms with Gasteiger partial charge in [-0.2, -0.15) is 5.10 Å². The number of aromatic nitrogens is 3. The van der Waals surface area contributed by atoms with Crippen molar-refractivity contribution in [3.8, 4) is 5.69 Å². The van der Waals surface area contributed by atoms with E-state index in [0.29, 0.717) is 22.4 Å². The first-order valence-electron chi connectivity index (χ1n) is 7.96. The summed E-state index contributed by atoms with van der Waals surface area (Å²) in [4.78, 5) is 28.4. The average molecular weight is 350 g/mol. The lowest BCUT2D eigenvalue weighted by Crippen LogP contribution is -2.16. The second kappa shape index (κ2) is 7.18. The number of esters is 1. The summed E-state index contributed by atoms with van der Waals surface area (Å²) in [5, 5.41) is 6.94. The monoisotopic (exact) mass is 350 g/mol. The number of carbonyl (C=O) groups is 2. The molecule has 0 atom stereocenters. The van der Waals surface area contributed by atoms with E-state index in [1.54, 1.807) is 48.3 Å². The van der Waals surface area contributed by atoms with Gasteiger partial charge in [-0.1, -0.05) is 6.07 Å². The lowest BCUT2D eigenvalue weighted by atomic mass is 10.0. The van der Waals surface area contributed by atoms with Gasteiger partial charge in [0.05, 0.1) is 18.4 Å². The maximum absolute atomic E-state index is 12.7. The highest BCUT2D eigenvalue weighted by Gasteiger charge is 2.15. The Hall–Kier alpha value is -3.48. The fourth-order valence-corrected chi connectivity index (χ4v) is 2.68. The third-order valence-electron chi connectivity index (χ3n) is 4.13. The molecular formula is C19H18N4O3. The number of anilines is 1. The van der Waals surface area contributed by atoms with Crippen molar-refractivity contribution in [2.45, 2.75) is 13.8 Å². The highest BCUT2D eigenvalue weighted by Crippen LogP contribution is 2.22. The molecule has 1 amide bonds. The number of hydrogen-bond donors (Lipinski definition) is 1. The molecule has 1 N–H and O–H groups in total. The van der Waals surface area contributed by atoms with Gasteiger partial charge in [-0.25, -0.2) is 14.5 Å². The molecule has 0 aliphatic rings. The number of aryl methyl sites for hydroxylation is 1. The van der Waals surface area contributed by atoms with Gasteiger partial charge in [-0.05, 0) is 55.3 Å². The van der Waals surface area contributed by atoms with Gasteiger partial charge in [0, 0.05) is 11.3 Å². The SMILES string of the molecule is COC(=O)c1cccc(NC(=O)c2ccc(-n3cncn3)cc2C)c1C. The number of amides is 1. The van der Waals surface area contributed by atoms with Crippen LogP contribution in [0.4, 0.5) is 5.69 Å². The minimum Gasteiger partial charge on any atom is -0.465 e. The second-order valence-corrected chi connectivity index (χ2v) is 5.76. The van der Waals surface area contributed by atoms with Gasteiger partial charge in [0.2, 0.25) is 0 Å². The predicted octanol–water partition coefficient (Wildman–Crippen LogP) is 2.92. The molecule has 7 heteroatoms. The van der Waals surface area contributed by atoms with Crippen LogP contribution in [0.3, 0.4) is 0 Å². The van der Waals surface area contributed by atoms with Crippen LogP contribution >= 0.6 is 0 Å². The quantitative estimate of drug-likeness (QED) is 0.731. The number of nitrogens with zero attached hydrogens (tertiary/aromatic N) is 3. The summed E-state index contributed by atoms with van der Waals surface area (Å²) in [6, 6.07) is 10.5. The lowest BCUT2D eigenvalue weighted by molar-refractivity contribution is 0.0599. The Morgan fingerprint density at radius 1 is 1.12 bits per heavy atom. The molecule has 0 unspecified atom stereocenters. The van der Waals surface area contributed by atoms with Crippen LogP contribution in [0.5, 0.6) is 0 Å². The Morgan fingerprint density at radius 3 is 2.58 bits per heavy atom. The van der Waals surface area contributed by atoms with E-state index in [1.165, 1.54) is 13.4 Å². The molecule has 0 saturated carbocycles.